The summed E-state index contributed by atoms with van der Waals surface area (Å²) in [5, 5.41) is 9.69. The van der Waals surface area contributed by atoms with Gasteiger partial charge < -0.3 is 15.7 Å². The Kier molecular flexibility index (Phi) is 4.54. The van der Waals surface area contributed by atoms with Crippen LogP contribution in [-0.2, 0) is 4.79 Å². The first-order chi connectivity index (χ1) is 7.06. The predicted molar refractivity (Wildman–Crippen MR) is 59.2 cm³/mol. The van der Waals surface area contributed by atoms with E-state index in [4.69, 9.17) is 5.73 Å². The summed E-state index contributed by atoms with van der Waals surface area (Å²) in [4.78, 5) is 13.7. The molecule has 1 heterocycles. The smallest absolute Gasteiger partial charge is 0.225 e. The molecule has 1 saturated heterocycles. The Morgan fingerprint density at radius 1 is 1.67 bits per heavy atom. The van der Waals surface area contributed by atoms with Gasteiger partial charge in [0.2, 0.25) is 5.91 Å². The maximum absolute atomic E-state index is 11.9. The second-order valence-corrected chi connectivity index (χ2v) is 4.60. The number of hydrogen-bond acceptors (Lipinski definition) is 3. The van der Waals surface area contributed by atoms with Gasteiger partial charge in [-0.15, -0.1) is 0 Å². The third-order valence-electron chi connectivity index (χ3n) is 3.25. The van der Waals surface area contributed by atoms with Crippen molar-refractivity contribution in [2.45, 2.75) is 32.8 Å². The fourth-order valence-corrected chi connectivity index (χ4v) is 1.93. The van der Waals surface area contributed by atoms with Crippen molar-refractivity contribution < 1.29 is 9.90 Å². The average molecular weight is 214 g/mol. The van der Waals surface area contributed by atoms with Crippen molar-refractivity contribution in [3.8, 4) is 0 Å². The number of carbonyl (C=O) groups is 1. The van der Waals surface area contributed by atoms with E-state index in [1.165, 1.54) is 0 Å². The molecule has 3 atom stereocenters. The normalized spacial score (nSPS) is 28.9. The first-order valence-electron chi connectivity index (χ1n) is 5.73. The zero-order chi connectivity index (χ0) is 11.4. The highest BCUT2D eigenvalue weighted by molar-refractivity contribution is 5.78. The monoisotopic (exact) mass is 214 g/mol. The topological polar surface area (TPSA) is 66.6 Å². The highest BCUT2D eigenvalue weighted by Gasteiger charge is 2.29. The van der Waals surface area contributed by atoms with Crippen molar-refractivity contribution in [3.05, 3.63) is 0 Å². The van der Waals surface area contributed by atoms with E-state index >= 15 is 0 Å². The number of likely N-dealkylation sites (tertiary alicyclic amines) is 1. The Labute approximate surface area is 91.4 Å². The lowest BCUT2D eigenvalue weighted by Gasteiger charge is -2.35. The van der Waals surface area contributed by atoms with Gasteiger partial charge in [-0.3, -0.25) is 4.79 Å². The van der Waals surface area contributed by atoms with Crippen molar-refractivity contribution in [3.63, 3.8) is 0 Å². The molecule has 1 aliphatic heterocycles. The standard InChI is InChI=1S/C11H22N2O2/c1-8-4-6-13(7-10(8)14)11(15)9(2)3-5-12/h8-10,14H,3-7,12H2,1-2H3. The number of β-amino-alcohol motifs (C(OH)–C–C–N with tert-alkyl or cyclic N) is 1. The van der Waals surface area contributed by atoms with E-state index in [0.717, 1.165) is 19.4 Å². The molecule has 4 heteroatoms. The van der Waals surface area contributed by atoms with E-state index in [1.807, 2.05) is 13.8 Å². The van der Waals surface area contributed by atoms with Crippen LogP contribution in [0.25, 0.3) is 0 Å². The lowest BCUT2D eigenvalue weighted by Crippen LogP contribution is -2.47. The van der Waals surface area contributed by atoms with Crippen LogP contribution in [0, 0.1) is 11.8 Å². The van der Waals surface area contributed by atoms with Gasteiger partial charge >= 0.3 is 0 Å². The number of nitrogens with two attached hydrogens (primary N) is 1. The van der Waals surface area contributed by atoms with Gasteiger partial charge in [-0.1, -0.05) is 13.8 Å². The van der Waals surface area contributed by atoms with Crippen molar-refractivity contribution in [2.24, 2.45) is 17.6 Å². The van der Waals surface area contributed by atoms with Gasteiger partial charge in [-0.05, 0) is 25.3 Å². The molecular weight excluding hydrogens is 192 g/mol. The highest BCUT2D eigenvalue weighted by atomic mass is 16.3. The van der Waals surface area contributed by atoms with Crippen molar-refractivity contribution in [1.82, 2.24) is 4.90 Å². The van der Waals surface area contributed by atoms with Gasteiger partial charge in [-0.2, -0.15) is 0 Å². The number of aliphatic hydroxyl groups is 1. The molecule has 1 fully saturated rings. The Balaban J connectivity index is 2.47. The van der Waals surface area contributed by atoms with Crippen molar-refractivity contribution >= 4 is 5.91 Å². The van der Waals surface area contributed by atoms with E-state index in [-0.39, 0.29) is 17.9 Å². The van der Waals surface area contributed by atoms with E-state index in [2.05, 4.69) is 0 Å². The van der Waals surface area contributed by atoms with Gasteiger partial charge in [0.25, 0.3) is 0 Å². The van der Waals surface area contributed by atoms with Gasteiger partial charge in [0.05, 0.1) is 6.10 Å². The molecule has 1 amide bonds. The van der Waals surface area contributed by atoms with Crippen molar-refractivity contribution in [1.29, 1.82) is 0 Å². The van der Waals surface area contributed by atoms with Crippen LogP contribution in [0.4, 0.5) is 0 Å². The highest BCUT2D eigenvalue weighted by Crippen LogP contribution is 2.19. The Hall–Kier alpha value is -0.610. The van der Waals surface area contributed by atoms with Crippen LogP contribution < -0.4 is 5.73 Å². The number of carbonyl (C=O) groups excluding carboxylic acids is 1. The van der Waals surface area contributed by atoms with Gasteiger partial charge in [-0.25, -0.2) is 0 Å². The molecule has 1 aliphatic rings. The summed E-state index contributed by atoms with van der Waals surface area (Å²) in [7, 11) is 0. The summed E-state index contributed by atoms with van der Waals surface area (Å²) < 4.78 is 0. The van der Waals surface area contributed by atoms with Crippen LogP contribution in [-0.4, -0.2) is 41.7 Å². The summed E-state index contributed by atoms with van der Waals surface area (Å²) >= 11 is 0. The number of aliphatic hydroxyl groups excluding tert-OH is 1. The number of piperidine rings is 1. The molecule has 3 N–H and O–H groups in total. The van der Waals surface area contributed by atoms with Crippen molar-refractivity contribution in [2.75, 3.05) is 19.6 Å². The summed E-state index contributed by atoms with van der Waals surface area (Å²) in [5.74, 6) is 0.417. The number of rotatable bonds is 3. The van der Waals surface area contributed by atoms with Gasteiger partial charge in [0, 0.05) is 19.0 Å². The minimum atomic E-state index is -0.368. The molecule has 0 aliphatic carbocycles. The second kappa shape index (κ2) is 5.47. The van der Waals surface area contributed by atoms with E-state index < -0.39 is 0 Å². The lowest BCUT2D eigenvalue weighted by molar-refractivity contribution is -0.139. The van der Waals surface area contributed by atoms with E-state index in [0.29, 0.717) is 19.0 Å². The van der Waals surface area contributed by atoms with E-state index in [9.17, 15) is 9.90 Å². The molecule has 88 valence electrons. The summed E-state index contributed by atoms with van der Waals surface area (Å²) in [5.41, 5.74) is 5.43. The Morgan fingerprint density at radius 2 is 2.33 bits per heavy atom. The molecule has 0 aromatic heterocycles. The predicted octanol–water partition coefficient (Wildman–Crippen LogP) is 0.201. The molecule has 0 aromatic carbocycles. The molecule has 0 bridgehead atoms. The summed E-state index contributed by atoms with van der Waals surface area (Å²) in [6.07, 6.45) is 1.25. The minimum absolute atomic E-state index is 0.0180. The van der Waals surface area contributed by atoms with Crippen LogP contribution in [0.1, 0.15) is 26.7 Å². The third-order valence-corrected chi connectivity index (χ3v) is 3.25. The molecule has 0 aromatic rings. The van der Waals surface area contributed by atoms with Crippen LogP contribution in [0.5, 0.6) is 0 Å². The zero-order valence-corrected chi connectivity index (χ0v) is 9.65. The molecule has 0 spiro atoms. The molecule has 3 unspecified atom stereocenters. The summed E-state index contributed by atoms with van der Waals surface area (Å²) in [6.45, 7) is 5.72. The SMILES string of the molecule is CC(CCN)C(=O)N1CCC(C)C(O)C1. The molecule has 1 rings (SSSR count). The Bertz CT molecular complexity index is 221. The maximum atomic E-state index is 11.9. The maximum Gasteiger partial charge on any atom is 0.225 e. The number of hydrogen-bond donors (Lipinski definition) is 2. The van der Waals surface area contributed by atoms with E-state index in [1.54, 1.807) is 4.90 Å². The first kappa shape index (κ1) is 12.5. The van der Waals surface area contributed by atoms with Crippen LogP contribution in [0.15, 0.2) is 0 Å². The second-order valence-electron chi connectivity index (χ2n) is 4.60. The van der Waals surface area contributed by atoms with Crippen LogP contribution >= 0.6 is 0 Å². The molecular formula is C11H22N2O2. The largest absolute Gasteiger partial charge is 0.391 e. The minimum Gasteiger partial charge on any atom is -0.391 e. The molecule has 0 radical (unpaired) electrons. The fourth-order valence-electron chi connectivity index (χ4n) is 1.93. The number of amides is 1. The Morgan fingerprint density at radius 3 is 2.87 bits per heavy atom. The van der Waals surface area contributed by atoms with Crippen LogP contribution in [0.3, 0.4) is 0 Å². The van der Waals surface area contributed by atoms with Gasteiger partial charge in [0.1, 0.15) is 0 Å². The average Bonchev–Trinajstić information content (AvgIpc) is 2.21. The quantitative estimate of drug-likeness (QED) is 0.705. The lowest BCUT2D eigenvalue weighted by atomic mass is 9.94. The number of nitrogens with zero attached hydrogens (tertiary/aromatic N) is 1. The first-order valence-corrected chi connectivity index (χ1v) is 5.73. The molecule has 0 saturated carbocycles. The fraction of sp³-hybridized carbons (Fsp3) is 0.909. The summed E-state index contributed by atoms with van der Waals surface area (Å²) in [6, 6.07) is 0. The third kappa shape index (κ3) is 3.18. The van der Waals surface area contributed by atoms with Gasteiger partial charge in [0.15, 0.2) is 0 Å². The zero-order valence-electron chi connectivity index (χ0n) is 9.65. The molecule has 4 nitrogen and oxygen atoms in total. The van der Waals surface area contributed by atoms with Crippen LogP contribution in [0.2, 0.25) is 0 Å². The molecule has 15 heavy (non-hydrogen) atoms.